The maximum atomic E-state index is 5.90. The quantitative estimate of drug-likeness (QED) is 0.819. The Morgan fingerprint density at radius 3 is 2.87 bits per heavy atom. The minimum absolute atomic E-state index is 0.292. The van der Waals surface area contributed by atoms with Crippen molar-refractivity contribution in [1.29, 1.82) is 0 Å². The van der Waals surface area contributed by atoms with E-state index in [2.05, 4.69) is 43.0 Å². The second-order valence-electron chi connectivity index (χ2n) is 4.51. The summed E-state index contributed by atoms with van der Waals surface area (Å²) in [5.41, 5.74) is 8.79. The van der Waals surface area contributed by atoms with E-state index in [-0.39, 0.29) is 0 Å². The highest BCUT2D eigenvalue weighted by Crippen LogP contribution is 2.37. The van der Waals surface area contributed by atoms with Crippen LogP contribution < -0.4 is 10.6 Å². The van der Waals surface area contributed by atoms with Crippen molar-refractivity contribution in [3.05, 3.63) is 29.8 Å². The van der Waals surface area contributed by atoms with E-state index in [0.717, 1.165) is 19.5 Å². The summed E-state index contributed by atoms with van der Waals surface area (Å²) >= 11 is 0. The van der Waals surface area contributed by atoms with Crippen LogP contribution in [0.1, 0.15) is 31.7 Å². The average molecular weight is 204 g/mol. The zero-order chi connectivity index (χ0) is 10.8. The predicted octanol–water partition coefficient (Wildman–Crippen LogP) is 2.35. The molecule has 2 N–H and O–H groups in total. The van der Waals surface area contributed by atoms with Crippen LogP contribution in [0.2, 0.25) is 0 Å². The van der Waals surface area contributed by atoms with Gasteiger partial charge in [0.25, 0.3) is 0 Å². The van der Waals surface area contributed by atoms with Crippen LogP contribution in [0.3, 0.4) is 0 Å². The molecule has 1 aromatic rings. The monoisotopic (exact) mass is 204 g/mol. The van der Waals surface area contributed by atoms with Crippen molar-refractivity contribution in [3.63, 3.8) is 0 Å². The van der Waals surface area contributed by atoms with Gasteiger partial charge in [-0.25, -0.2) is 0 Å². The molecule has 15 heavy (non-hydrogen) atoms. The molecule has 2 unspecified atom stereocenters. The van der Waals surface area contributed by atoms with Crippen LogP contribution in [-0.4, -0.2) is 19.1 Å². The first-order valence-corrected chi connectivity index (χ1v) is 5.81. The van der Waals surface area contributed by atoms with Crippen LogP contribution in [0.25, 0.3) is 0 Å². The van der Waals surface area contributed by atoms with E-state index >= 15 is 0 Å². The summed E-state index contributed by atoms with van der Waals surface area (Å²) in [6, 6.07) is 9.01. The third-order valence-corrected chi connectivity index (χ3v) is 3.20. The summed E-state index contributed by atoms with van der Waals surface area (Å²) in [6.45, 7) is 6.53. The average Bonchev–Trinajstić information content (AvgIpc) is 2.56. The molecule has 1 aromatic carbocycles. The number of nitrogens with zero attached hydrogens (tertiary/aromatic N) is 1. The molecule has 0 saturated carbocycles. The molecule has 0 spiro atoms. The SMILES string of the molecule is CCN1CC(CC(C)N)c2ccccc21. The lowest BCUT2D eigenvalue weighted by Crippen LogP contribution is -2.24. The fourth-order valence-electron chi connectivity index (χ4n) is 2.53. The van der Waals surface area contributed by atoms with Gasteiger partial charge in [0, 0.05) is 30.7 Å². The van der Waals surface area contributed by atoms with E-state index in [9.17, 15) is 0 Å². The molecule has 0 aliphatic carbocycles. The van der Waals surface area contributed by atoms with Crippen molar-refractivity contribution >= 4 is 5.69 Å². The van der Waals surface area contributed by atoms with E-state index in [0.29, 0.717) is 12.0 Å². The zero-order valence-electron chi connectivity index (χ0n) is 9.61. The van der Waals surface area contributed by atoms with E-state index in [4.69, 9.17) is 5.73 Å². The third-order valence-electron chi connectivity index (χ3n) is 3.20. The van der Waals surface area contributed by atoms with Crippen LogP contribution in [0, 0.1) is 0 Å². The standard InChI is InChI=1S/C13H20N2/c1-3-15-9-11(8-10(2)14)12-6-4-5-7-13(12)15/h4-7,10-11H,3,8-9,14H2,1-2H3. The lowest BCUT2D eigenvalue weighted by Gasteiger charge is -2.17. The molecule has 0 bridgehead atoms. The number of benzene rings is 1. The second-order valence-corrected chi connectivity index (χ2v) is 4.51. The first-order chi connectivity index (χ1) is 7.22. The van der Waals surface area contributed by atoms with Gasteiger partial charge in [-0.2, -0.15) is 0 Å². The van der Waals surface area contributed by atoms with E-state index in [1.54, 1.807) is 0 Å². The summed E-state index contributed by atoms with van der Waals surface area (Å²) < 4.78 is 0. The van der Waals surface area contributed by atoms with Crippen molar-refractivity contribution in [1.82, 2.24) is 0 Å². The molecule has 2 nitrogen and oxygen atoms in total. The molecule has 1 aliphatic heterocycles. The number of hydrogen-bond acceptors (Lipinski definition) is 2. The van der Waals surface area contributed by atoms with Crippen molar-refractivity contribution in [2.45, 2.75) is 32.2 Å². The molecule has 1 heterocycles. The summed E-state index contributed by atoms with van der Waals surface area (Å²) in [4.78, 5) is 2.45. The first kappa shape index (κ1) is 10.5. The molecular weight excluding hydrogens is 184 g/mol. The van der Waals surface area contributed by atoms with E-state index in [1.165, 1.54) is 11.3 Å². The van der Waals surface area contributed by atoms with Crippen LogP contribution in [0.4, 0.5) is 5.69 Å². The highest BCUT2D eigenvalue weighted by Gasteiger charge is 2.27. The number of anilines is 1. The molecule has 0 radical (unpaired) electrons. The maximum absolute atomic E-state index is 5.90. The molecule has 0 fully saturated rings. The Kier molecular flexibility index (Phi) is 2.96. The highest BCUT2D eigenvalue weighted by molar-refractivity contribution is 5.60. The predicted molar refractivity (Wildman–Crippen MR) is 65.3 cm³/mol. The fraction of sp³-hybridized carbons (Fsp3) is 0.538. The van der Waals surface area contributed by atoms with Gasteiger partial charge in [0.15, 0.2) is 0 Å². The molecule has 2 rings (SSSR count). The Morgan fingerprint density at radius 1 is 1.47 bits per heavy atom. The van der Waals surface area contributed by atoms with Crippen molar-refractivity contribution in [2.75, 3.05) is 18.0 Å². The van der Waals surface area contributed by atoms with Crippen LogP contribution in [0.15, 0.2) is 24.3 Å². The molecular formula is C13H20N2. The lowest BCUT2D eigenvalue weighted by atomic mass is 9.95. The highest BCUT2D eigenvalue weighted by atomic mass is 15.1. The zero-order valence-corrected chi connectivity index (χ0v) is 9.61. The Bertz CT molecular complexity index is 333. The van der Waals surface area contributed by atoms with Gasteiger partial charge in [-0.15, -0.1) is 0 Å². The van der Waals surface area contributed by atoms with Gasteiger partial charge in [-0.3, -0.25) is 0 Å². The lowest BCUT2D eigenvalue weighted by molar-refractivity contribution is 0.567. The molecule has 0 amide bonds. The van der Waals surface area contributed by atoms with Crippen LogP contribution in [0.5, 0.6) is 0 Å². The Hall–Kier alpha value is -1.02. The summed E-state index contributed by atoms with van der Waals surface area (Å²) in [5, 5.41) is 0. The number of nitrogens with two attached hydrogens (primary N) is 1. The van der Waals surface area contributed by atoms with Crippen LogP contribution in [-0.2, 0) is 0 Å². The number of likely N-dealkylation sites (N-methyl/N-ethyl adjacent to an activating group) is 1. The molecule has 0 saturated heterocycles. The fourth-order valence-corrected chi connectivity index (χ4v) is 2.53. The van der Waals surface area contributed by atoms with E-state index in [1.807, 2.05) is 0 Å². The summed E-state index contributed by atoms with van der Waals surface area (Å²) in [6.07, 6.45) is 1.09. The van der Waals surface area contributed by atoms with Gasteiger partial charge in [0.1, 0.15) is 0 Å². The Labute approximate surface area is 92.1 Å². The number of para-hydroxylation sites is 1. The molecule has 1 aliphatic rings. The van der Waals surface area contributed by atoms with Gasteiger partial charge in [-0.1, -0.05) is 18.2 Å². The van der Waals surface area contributed by atoms with Crippen LogP contribution >= 0.6 is 0 Å². The smallest absolute Gasteiger partial charge is 0.0402 e. The minimum Gasteiger partial charge on any atom is -0.371 e. The van der Waals surface area contributed by atoms with Gasteiger partial charge >= 0.3 is 0 Å². The maximum Gasteiger partial charge on any atom is 0.0402 e. The van der Waals surface area contributed by atoms with E-state index < -0.39 is 0 Å². The molecule has 2 heteroatoms. The molecule has 82 valence electrons. The van der Waals surface area contributed by atoms with Gasteiger partial charge < -0.3 is 10.6 Å². The normalized spacial score (nSPS) is 21.5. The number of rotatable bonds is 3. The molecule has 0 aromatic heterocycles. The number of fused-ring (bicyclic) bond motifs is 1. The molecule has 2 atom stereocenters. The van der Waals surface area contributed by atoms with Crippen molar-refractivity contribution in [2.24, 2.45) is 5.73 Å². The second kappa shape index (κ2) is 4.23. The van der Waals surface area contributed by atoms with Gasteiger partial charge in [0.05, 0.1) is 0 Å². The Balaban J connectivity index is 2.25. The first-order valence-electron chi connectivity index (χ1n) is 5.81. The summed E-state index contributed by atoms with van der Waals surface area (Å²) in [7, 11) is 0. The minimum atomic E-state index is 0.292. The third kappa shape index (κ3) is 2.00. The largest absolute Gasteiger partial charge is 0.371 e. The van der Waals surface area contributed by atoms with Crippen molar-refractivity contribution < 1.29 is 0 Å². The topological polar surface area (TPSA) is 29.3 Å². The summed E-state index contributed by atoms with van der Waals surface area (Å²) in [5.74, 6) is 0.626. The van der Waals surface area contributed by atoms with Crippen molar-refractivity contribution in [3.8, 4) is 0 Å². The Morgan fingerprint density at radius 2 is 2.20 bits per heavy atom. The van der Waals surface area contributed by atoms with Gasteiger partial charge in [-0.05, 0) is 31.9 Å². The number of hydrogen-bond donors (Lipinski definition) is 1. The van der Waals surface area contributed by atoms with Gasteiger partial charge in [0.2, 0.25) is 0 Å².